The summed E-state index contributed by atoms with van der Waals surface area (Å²) in [4.78, 5) is 34.7. The Hall–Kier alpha value is -2.61. The van der Waals surface area contributed by atoms with Crippen LogP contribution in [0.15, 0.2) is 35.5 Å². The number of hydrogen-bond donors (Lipinski definition) is 4. The predicted octanol–water partition coefficient (Wildman–Crippen LogP) is 6.84. The Morgan fingerprint density at radius 2 is 1.84 bits per heavy atom. The van der Waals surface area contributed by atoms with Gasteiger partial charge >= 0.3 is 12.1 Å². The molecule has 0 aromatic rings. The number of carboxylic acids is 1. The van der Waals surface area contributed by atoms with Crippen molar-refractivity contribution < 1.29 is 29.3 Å². The third-order valence-corrected chi connectivity index (χ3v) is 10.1. The average molecular weight is 601 g/mol. The summed E-state index contributed by atoms with van der Waals surface area (Å²) in [6.45, 7) is 13.6. The lowest BCUT2D eigenvalue weighted by atomic mass is 9.60. The SMILES string of the molecule is C=C1CC[C@H](OC(=O)NCCNC(=O)CCCC(=O)O)C/C1=C/C=C1\CCC[C@]2(C)[C@@H]([C@H](C)CCCC(C)(C)O)CC[C@@H]12. The Kier molecular flexibility index (Phi) is 12.9. The molecule has 0 aliphatic heterocycles. The van der Waals surface area contributed by atoms with Gasteiger partial charge in [0.15, 0.2) is 0 Å². The molecule has 0 bridgehead atoms. The largest absolute Gasteiger partial charge is 0.481 e. The van der Waals surface area contributed by atoms with E-state index < -0.39 is 17.7 Å². The van der Waals surface area contributed by atoms with Crippen LogP contribution < -0.4 is 10.6 Å². The number of carboxylic acid groups (broad SMARTS) is 1. The summed E-state index contributed by atoms with van der Waals surface area (Å²) in [6, 6.07) is 0. The summed E-state index contributed by atoms with van der Waals surface area (Å²) in [5.74, 6) is 0.860. The van der Waals surface area contributed by atoms with Crippen molar-refractivity contribution in [3.05, 3.63) is 35.5 Å². The number of carbonyl (C=O) groups is 3. The molecule has 43 heavy (non-hydrogen) atoms. The monoisotopic (exact) mass is 600 g/mol. The van der Waals surface area contributed by atoms with Crippen molar-refractivity contribution in [3.8, 4) is 0 Å². The fraction of sp³-hybridized carbons (Fsp3) is 0.743. The molecule has 0 saturated heterocycles. The minimum Gasteiger partial charge on any atom is -0.481 e. The highest BCUT2D eigenvalue weighted by Crippen LogP contribution is 2.60. The minimum absolute atomic E-state index is 0.0371. The highest BCUT2D eigenvalue weighted by atomic mass is 16.6. The maximum absolute atomic E-state index is 12.4. The van der Waals surface area contributed by atoms with Gasteiger partial charge in [-0.25, -0.2) is 4.79 Å². The Balaban J connectivity index is 1.49. The van der Waals surface area contributed by atoms with Crippen LogP contribution in [0.2, 0.25) is 0 Å². The lowest BCUT2D eigenvalue weighted by Crippen LogP contribution is -2.37. The van der Waals surface area contributed by atoms with Gasteiger partial charge in [0.05, 0.1) is 5.60 Å². The van der Waals surface area contributed by atoms with Crippen LogP contribution in [0.5, 0.6) is 0 Å². The number of aliphatic carboxylic acids is 1. The highest BCUT2D eigenvalue weighted by Gasteiger charge is 2.50. The molecule has 3 aliphatic rings. The van der Waals surface area contributed by atoms with Gasteiger partial charge in [-0.1, -0.05) is 56.6 Å². The van der Waals surface area contributed by atoms with E-state index in [1.807, 2.05) is 13.8 Å². The maximum atomic E-state index is 12.4. The summed E-state index contributed by atoms with van der Waals surface area (Å²) in [5.41, 5.74) is 3.59. The molecule has 4 N–H and O–H groups in total. The maximum Gasteiger partial charge on any atom is 0.407 e. The normalized spacial score (nSPS) is 28.4. The van der Waals surface area contributed by atoms with E-state index in [2.05, 4.69) is 43.2 Å². The lowest BCUT2D eigenvalue weighted by Gasteiger charge is -2.44. The number of ether oxygens (including phenoxy) is 1. The van der Waals surface area contributed by atoms with E-state index in [4.69, 9.17) is 9.84 Å². The summed E-state index contributed by atoms with van der Waals surface area (Å²) >= 11 is 0. The summed E-state index contributed by atoms with van der Waals surface area (Å²) in [5, 5.41) is 24.2. The number of rotatable bonds is 14. The van der Waals surface area contributed by atoms with Crippen LogP contribution in [0.1, 0.15) is 118 Å². The smallest absolute Gasteiger partial charge is 0.407 e. The molecule has 0 aromatic heterocycles. The van der Waals surface area contributed by atoms with Crippen LogP contribution in [0, 0.1) is 23.2 Å². The van der Waals surface area contributed by atoms with Gasteiger partial charge in [-0.3, -0.25) is 9.59 Å². The number of fused-ring (bicyclic) bond motifs is 1. The third kappa shape index (κ3) is 10.8. The number of hydrogen-bond acceptors (Lipinski definition) is 5. The lowest BCUT2D eigenvalue weighted by molar-refractivity contribution is -0.137. The van der Waals surface area contributed by atoms with Gasteiger partial charge in [0.2, 0.25) is 5.91 Å². The van der Waals surface area contributed by atoms with E-state index in [9.17, 15) is 19.5 Å². The summed E-state index contributed by atoms with van der Waals surface area (Å²) in [6.07, 6.45) is 15.8. The number of alkyl carbamates (subject to hydrolysis) is 1. The standard InChI is InChI=1S/C35H56N2O6/c1-24-13-16-28(43-33(41)37-22-21-36-31(38)11-6-12-32(39)40)23-27(24)15-14-26-10-8-20-35(5)29(17-18-30(26)35)25(2)9-7-19-34(3,4)42/h14-15,25,28-30,42H,1,6-13,16-23H2,2-5H3,(H,36,38)(H,37,41)(H,39,40)/b26-14+,27-15-/t25-,28+,29-,30+,35-/m1/s1. The molecule has 3 saturated carbocycles. The van der Waals surface area contributed by atoms with Gasteiger partial charge in [0, 0.05) is 32.4 Å². The Morgan fingerprint density at radius 1 is 1.09 bits per heavy atom. The van der Waals surface area contributed by atoms with Crippen LogP contribution in [0.3, 0.4) is 0 Å². The first-order chi connectivity index (χ1) is 20.3. The van der Waals surface area contributed by atoms with Crippen LogP contribution >= 0.6 is 0 Å². The zero-order chi connectivity index (χ0) is 31.6. The molecule has 8 heteroatoms. The molecule has 0 spiro atoms. The Labute approximate surface area is 258 Å². The van der Waals surface area contributed by atoms with Crippen molar-refractivity contribution in [1.29, 1.82) is 0 Å². The van der Waals surface area contributed by atoms with Gasteiger partial charge in [-0.2, -0.15) is 0 Å². The Morgan fingerprint density at radius 3 is 2.56 bits per heavy atom. The molecular formula is C35H56N2O6. The molecule has 0 heterocycles. The molecule has 3 aliphatic carbocycles. The second kappa shape index (κ2) is 15.9. The molecular weight excluding hydrogens is 544 g/mol. The summed E-state index contributed by atoms with van der Waals surface area (Å²) in [7, 11) is 0. The zero-order valence-corrected chi connectivity index (χ0v) is 27.0. The van der Waals surface area contributed by atoms with Crippen molar-refractivity contribution in [3.63, 3.8) is 0 Å². The fourth-order valence-electron chi connectivity index (χ4n) is 7.80. The van der Waals surface area contributed by atoms with E-state index in [1.165, 1.54) is 32.1 Å². The molecule has 0 unspecified atom stereocenters. The number of carbonyl (C=O) groups excluding carboxylic acids is 2. The minimum atomic E-state index is -0.918. The van der Waals surface area contributed by atoms with Gasteiger partial charge in [-0.15, -0.1) is 0 Å². The molecule has 2 amide bonds. The van der Waals surface area contributed by atoms with E-state index in [-0.39, 0.29) is 37.9 Å². The van der Waals surface area contributed by atoms with E-state index in [1.54, 1.807) is 5.57 Å². The number of nitrogens with one attached hydrogen (secondary N) is 2. The molecule has 8 nitrogen and oxygen atoms in total. The van der Waals surface area contributed by atoms with Gasteiger partial charge < -0.3 is 25.6 Å². The fourth-order valence-corrected chi connectivity index (χ4v) is 7.80. The van der Waals surface area contributed by atoms with Gasteiger partial charge in [-0.05, 0) is 100 Å². The van der Waals surface area contributed by atoms with E-state index in [0.717, 1.165) is 49.2 Å². The van der Waals surface area contributed by atoms with Gasteiger partial charge in [0.1, 0.15) is 6.10 Å². The second-order valence-corrected chi connectivity index (χ2v) is 14.1. The van der Waals surface area contributed by atoms with Crippen LogP contribution in [-0.2, 0) is 14.3 Å². The van der Waals surface area contributed by atoms with Crippen molar-refractivity contribution in [2.24, 2.45) is 23.2 Å². The van der Waals surface area contributed by atoms with E-state index in [0.29, 0.717) is 30.1 Å². The molecule has 0 radical (unpaired) electrons. The van der Waals surface area contributed by atoms with E-state index >= 15 is 0 Å². The second-order valence-electron chi connectivity index (χ2n) is 14.1. The van der Waals surface area contributed by atoms with Crippen molar-refractivity contribution in [2.45, 2.75) is 129 Å². The predicted molar refractivity (Wildman–Crippen MR) is 169 cm³/mol. The van der Waals surface area contributed by atoms with Crippen LogP contribution in [0.25, 0.3) is 0 Å². The van der Waals surface area contributed by atoms with Crippen molar-refractivity contribution in [1.82, 2.24) is 10.6 Å². The number of allylic oxidation sites excluding steroid dienone is 4. The van der Waals surface area contributed by atoms with Crippen molar-refractivity contribution in [2.75, 3.05) is 13.1 Å². The number of aliphatic hydroxyl groups is 1. The molecule has 3 rings (SSSR count). The van der Waals surface area contributed by atoms with Crippen LogP contribution in [0.4, 0.5) is 4.79 Å². The molecule has 242 valence electrons. The Bertz CT molecular complexity index is 1060. The molecule has 5 atom stereocenters. The first-order valence-electron chi connectivity index (χ1n) is 16.5. The third-order valence-electron chi connectivity index (χ3n) is 10.1. The summed E-state index contributed by atoms with van der Waals surface area (Å²) < 4.78 is 5.69. The zero-order valence-electron chi connectivity index (χ0n) is 27.0. The highest BCUT2D eigenvalue weighted by molar-refractivity contribution is 5.76. The first kappa shape index (κ1) is 34.9. The average Bonchev–Trinajstić information content (AvgIpc) is 3.28. The topological polar surface area (TPSA) is 125 Å². The molecule has 0 aromatic carbocycles. The van der Waals surface area contributed by atoms with Crippen LogP contribution in [-0.4, -0.2) is 53.0 Å². The first-order valence-corrected chi connectivity index (χ1v) is 16.5. The van der Waals surface area contributed by atoms with Gasteiger partial charge in [0.25, 0.3) is 0 Å². The molecule has 3 fully saturated rings. The van der Waals surface area contributed by atoms with Crippen molar-refractivity contribution >= 4 is 18.0 Å². The number of amides is 2. The quantitative estimate of drug-likeness (QED) is 0.162.